The van der Waals surface area contributed by atoms with Gasteiger partial charge in [0.1, 0.15) is 17.2 Å². The van der Waals surface area contributed by atoms with Crippen LogP contribution in [0.15, 0.2) is 292 Å². The van der Waals surface area contributed by atoms with Crippen molar-refractivity contribution in [2.75, 3.05) is 43.8 Å². The summed E-state index contributed by atoms with van der Waals surface area (Å²) < 4.78 is 23.1. The Bertz CT molecular complexity index is 4180. The predicted molar refractivity (Wildman–Crippen MR) is 447 cm³/mol. The molecule has 0 N–H and O–H groups in total. The third kappa shape index (κ3) is 31.2. The van der Waals surface area contributed by atoms with Crippen LogP contribution in [0, 0.1) is 76.2 Å². The van der Waals surface area contributed by atoms with Gasteiger partial charge in [0.25, 0.3) is 0 Å². The molecular weight excluding hydrogens is 1390 g/mol. The molecule has 0 heterocycles. The monoisotopic (exact) mass is 1480 g/mol. The minimum atomic E-state index is -1.46. The summed E-state index contributed by atoms with van der Waals surface area (Å²) in [5, 5.41) is 0. The molecule has 0 bridgehead atoms. The van der Waals surface area contributed by atoms with E-state index < -0.39 is 11.1 Å². The minimum absolute atomic E-state index is 0. The molecule has 4 nitrogen and oxygen atoms in total. The van der Waals surface area contributed by atoms with Crippen LogP contribution in [0.5, 0.6) is 17.2 Å². The summed E-state index contributed by atoms with van der Waals surface area (Å²) in [6, 6.07) is 81.5. The van der Waals surface area contributed by atoms with Crippen LogP contribution in [-0.4, -0.2) is 53.8 Å². The van der Waals surface area contributed by atoms with Gasteiger partial charge >= 0.3 is 0 Å². The van der Waals surface area contributed by atoms with E-state index in [1.807, 2.05) is 183 Å². The lowest BCUT2D eigenvalue weighted by Crippen LogP contribution is -2.00. The highest BCUT2D eigenvalue weighted by molar-refractivity contribution is 8.02. The maximum Gasteiger partial charge on any atom is 0.240 e. The molecule has 0 aliphatic heterocycles. The minimum Gasteiger partial charge on any atom is -0.457 e. The zero-order chi connectivity index (χ0) is 71.5. The van der Waals surface area contributed by atoms with E-state index >= 15 is 0 Å². The lowest BCUT2D eigenvalue weighted by molar-refractivity contribution is 0.103. The zero-order valence-electron chi connectivity index (χ0n) is 59.9. The van der Waals surface area contributed by atoms with Gasteiger partial charge in [0.15, 0.2) is 5.78 Å². The van der Waals surface area contributed by atoms with Crippen LogP contribution >= 0.6 is 94.1 Å². The second kappa shape index (κ2) is 46.2. The maximum atomic E-state index is 12.2. The molecule has 0 amide bonds. The zero-order valence-corrected chi connectivity index (χ0v) is 67.2. The van der Waals surface area contributed by atoms with Gasteiger partial charge in [-0.15, -0.1) is 82.3 Å². The molecule has 11 aromatic carbocycles. The van der Waals surface area contributed by atoms with Gasteiger partial charge < -0.3 is 8.92 Å². The van der Waals surface area contributed by atoms with Crippen molar-refractivity contribution in [3.63, 3.8) is 0 Å². The number of thioether (sulfide) groups is 7. The third-order valence-electron chi connectivity index (χ3n) is 14.8. The quantitative estimate of drug-likeness (QED) is 0.0684. The third-order valence-corrected chi connectivity index (χ3v) is 22.5. The first-order valence-corrected chi connectivity index (χ1v) is 42.2. The van der Waals surface area contributed by atoms with E-state index in [-0.39, 0.29) is 13.2 Å². The Hall–Kier alpha value is -6.36. The first-order chi connectivity index (χ1) is 47.1. The highest BCUT2D eigenvalue weighted by Gasteiger charge is 2.10. The Morgan fingerprint density at radius 2 is 0.657 bits per heavy atom. The Labute approximate surface area is 631 Å². The van der Waals surface area contributed by atoms with E-state index in [9.17, 15) is 9.00 Å². The molecule has 0 radical (unpaired) electrons. The van der Waals surface area contributed by atoms with Crippen molar-refractivity contribution < 1.29 is 17.9 Å². The lowest BCUT2D eigenvalue weighted by Gasteiger charge is -2.08. The predicted octanol–water partition coefficient (Wildman–Crippen LogP) is 27.2. The molecule has 0 saturated carbocycles. The van der Waals surface area contributed by atoms with Gasteiger partial charge in [0, 0.05) is 55.2 Å². The summed E-state index contributed by atoms with van der Waals surface area (Å²) in [7, 11) is 0. The molecule has 11 aromatic rings. The first kappa shape index (κ1) is 85.1. The van der Waals surface area contributed by atoms with Crippen LogP contribution in [-0.2, 0) is 11.1 Å². The maximum absolute atomic E-state index is 12.2. The van der Waals surface area contributed by atoms with Crippen molar-refractivity contribution in [1.29, 1.82) is 0 Å². The van der Waals surface area contributed by atoms with Crippen molar-refractivity contribution in [2.24, 2.45) is 0 Å². The molecule has 0 fully saturated rings. The summed E-state index contributed by atoms with van der Waals surface area (Å²) in [6.07, 6.45) is 14.6. The van der Waals surface area contributed by atoms with Gasteiger partial charge in [-0.3, -0.25) is 4.79 Å². The van der Waals surface area contributed by atoms with Gasteiger partial charge in [0.2, 0.25) is 11.1 Å². The number of ketones is 1. The average Bonchev–Trinajstić information content (AvgIpc) is 0.959. The van der Waals surface area contributed by atoms with E-state index in [4.69, 9.17) is 8.92 Å². The number of hydrogen-bond donors (Lipinski definition) is 0. The van der Waals surface area contributed by atoms with E-state index in [0.29, 0.717) is 10.6 Å². The molecule has 0 aliphatic carbocycles. The number of carbonyl (C=O) groups is 1. The Morgan fingerprint density at radius 3 is 1.11 bits per heavy atom. The topological polar surface area (TPSA) is 52.6 Å². The molecule has 0 spiro atoms. The second-order valence-corrected chi connectivity index (χ2v) is 31.1. The average molecular weight is 1480 g/mol. The van der Waals surface area contributed by atoms with E-state index in [2.05, 4.69) is 203 Å². The molecule has 1 unspecified atom stereocenters. The second-order valence-electron chi connectivity index (χ2n) is 22.8. The molecule has 0 aliphatic rings. The number of aryl methyl sites for hydroxylation is 11. The molecule has 520 valence electrons. The SMILES string of the molecule is C.CSc1cc(C)c(C)cc1C.CSc1ccc(C(=O)c2ccc(C)cc2)cc1.CSc1ccc(C)cc1C.CSc1ccc(C)cc1Sc1ccc(C)cc1.CSc1ccc(OS(=O)c2ccc(C)cc2)cc1.CSc1ccc(Oc2ccc(C)cc2)cc1.CSc1cccc(C)c1. The highest BCUT2D eigenvalue weighted by Crippen LogP contribution is 2.36. The summed E-state index contributed by atoms with van der Waals surface area (Å²) in [6.45, 7) is 23.2. The van der Waals surface area contributed by atoms with Gasteiger partial charge in [-0.05, 0) is 293 Å². The van der Waals surface area contributed by atoms with Gasteiger partial charge in [-0.25, -0.2) is 4.21 Å². The fourth-order valence-corrected chi connectivity index (χ4v) is 14.5. The van der Waals surface area contributed by atoms with Crippen LogP contribution in [0.3, 0.4) is 0 Å². The Kier molecular flexibility index (Phi) is 39.7. The van der Waals surface area contributed by atoms with Crippen molar-refractivity contribution in [3.05, 3.63) is 315 Å². The number of rotatable bonds is 16. The highest BCUT2D eigenvalue weighted by atomic mass is 32.2. The van der Waals surface area contributed by atoms with E-state index in [0.717, 1.165) is 33.1 Å². The van der Waals surface area contributed by atoms with Crippen molar-refractivity contribution in [3.8, 4) is 17.2 Å². The summed E-state index contributed by atoms with van der Waals surface area (Å²) in [4.78, 5) is 24.5. The number of hydrogen-bond acceptors (Lipinski definition) is 12. The summed E-state index contributed by atoms with van der Waals surface area (Å²) in [5.41, 5.74) is 15.9. The van der Waals surface area contributed by atoms with Crippen LogP contribution in [0.2, 0.25) is 0 Å². The van der Waals surface area contributed by atoms with E-state index in [1.165, 1.54) is 94.8 Å². The first-order valence-electron chi connectivity index (χ1n) is 31.8. The summed E-state index contributed by atoms with van der Waals surface area (Å²) >= 11 is 12.7. The molecule has 13 heteroatoms. The van der Waals surface area contributed by atoms with Crippen LogP contribution in [0.1, 0.15) is 84.5 Å². The molecule has 11 rings (SSSR count). The largest absolute Gasteiger partial charge is 0.457 e. The Balaban J connectivity index is 0.000000248. The molecule has 0 aromatic heterocycles. The fraction of sp³-hybridized carbons (Fsp3) is 0.221. The molecule has 99 heavy (non-hydrogen) atoms. The standard InChI is InChI=1S/C15H14OS.C15H16S2.C14H14O2S2.C14H14OS.C10H14S.C9H12S.C8H10S.CH4/c1-11-3-5-12(6-4-11)15(16)13-7-9-14(17-2)10-8-13;1-11-4-7-13(8-5-11)17-15-10-12(2)6-9-14(15)16-3;1-11-3-9-14(10-4-11)18(15)16-12-5-7-13(17-2)8-6-12;1-11-3-5-12(6-4-11)15-13-7-9-14(16-2)10-8-13;1-7-5-9(3)10(11-4)6-8(7)2;1-7-4-5-9(10-3)8(2)6-7;1-7-4-3-5-8(6-7)9-2;/h3-10H,1-2H3;4-10H,1-3H3;3-10H,1-2H3;3-10H,1-2H3;5-6H,1-4H3;4-6H,1-3H3;3-6H,1-2H3;1H4. The van der Waals surface area contributed by atoms with Crippen molar-refractivity contribution >= 4 is 111 Å². The van der Waals surface area contributed by atoms with Crippen LogP contribution in [0.4, 0.5) is 0 Å². The van der Waals surface area contributed by atoms with Gasteiger partial charge in [-0.1, -0.05) is 150 Å². The number of benzene rings is 11. The normalized spacial score (nSPS) is 10.4. The van der Waals surface area contributed by atoms with Gasteiger partial charge in [-0.2, -0.15) is 0 Å². The van der Waals surface area contributed by atoms with E-state index in [1.54, 1.807) is 70.6 Å². The number of ether oxygens (including phenoxy) is 1. The van der Waals surface area contributed by atoms with Gasteiger partial charge in [0.05, 0.1) is 4.90 Å². The smallest absolute Gasteiger partial charge is 0.240 e. The van der Waals surface area contributed by atoms with Crippen molar-refractivity contribution in [1.82, 2.24) is 0 Å². The lowest BCUT2D eigenvalue weighted by atomic mass is 10.0. The Morgan fingerprint density at radius 1 is 0.293 bits per heavy atom. The molecule has 0 saturated heterocycles. The van der Waals surface area contributed by atoms with Crippen molar-refractivity contribution in [2.45, 2.75) is 133 Å². The summed E-state index contributed by atoms with van der Waals surface area (Å²) in [5.74, 6) is 2.45. The number of carbonyl (C=O) groups excluding carboxylic acids is 1. The van der Waals surface area contributed by atoms with Crippen LogP contribution in [0.25, 0.3) is 0 Å². The fourth-order valence-electron chi connectivity index (χ4n) is 8.94. The molecule has 1 atom stereocenters. The molecular formula is C86H98O4S9. The van der Waals surface area contributed by atoms with Crippen LogP contribution < -0.4 is 8.92 Å².